The maximum Gasteiger partial charge on any atom is 0.239 e. The first-order valence-electron chi connectivity index (χ1n) is 9.49. The van der Waals surface area contributed by atoms with Crippen LogP contribution in [0, 0.1) is 13.8 Å². The van der Waals surface area contributed by atoms with E-state index in [9.17, 15) is 13.2 Å². The maximum atomic E-state index is 12.7. The molecule has 0 radical (unpaired) electrons. The molecule has 7 nitrogen and oxygen atoms in total. The Balaban J connectivity index is 1.68. The third kappa shape index (κ3) is 5.21. The number of sulfone groups is 1. The van der Waals surface area contributed by atoms with Crippen molar-refractivity contribution in [2.45, 2.75) is 52.7 Å². The zero-order valence-corrected chi connectivity index (χ0v) is 18.4. The standard InChI is InChI=1S/C19H28N4O3S2/c1-13(2)22(10-17-6-5-15(4)27-17)11-19(24)20-18-9-14(3)21-23(18)16-7-8-28(25,26)12-16/h5-6,9,13,16H,7-8,10-12H2,1-4H3,(H,20,24). The Kier molecular flexibility index (Phi) is 6.26. The summed E-state index contributed by atoms with van der Waals surface area (Å²) in [5.41, 5.74) is 0.759. The van der Waals surface area contributed by atoms with Crippen molar-refractivity contribution in [3.05, 3.63) is 33.6 Å². The fourth-order valence-electron chi connectivity index (χ4n) is 3.41. The average molecular weight is 425 g/mol. The minimum absolute atomic E-state index is 0.0762. The van der Waals surface area contributed by atoms with Crippen molar-refractivity contribution in [3.8, 4) is 0 Å². The maximum absolute atomic E-state index is 12.7. The lowest BCUT2D eigenvalue weighted by atomic mass is 10.2. The van der Waals surface area contributed by atoms with Crippen LogP contribution >= 0.6 is 11.3 Å². The molecule has 3 heterocycles. The second-order valence-corrected chi connectivity index (χ2v) is 11.3. The quantitative estimate of drug-likeness (QED) is 0.739. The number of anilines is 1. The van der Waals surface area contributed by atoms with E-state index in [1.165, 1.54) is 9.75 Å². The zero-order valence-electron chi connectivity index (χ0n) is 16.8. The zero-order chi connectivity index (χ0) is 20.5. The first-order chi connectivity index (χ1) is 13.1. The van der Waals surface area contributed by atoms with E-state index < -0.39 is 9.84 Å². The van der Waals surface area contributed by atoms with Crippen LogP contribution in [0.5, 0.6) is 0 Å². The molecule has 3 rings (SSSR count). The largest absolute Gasteiger partial charge is 0.310 e. The van der Waals surface area contributed by atoms with Gasteiger partial charge in [-0.2, -0.15) is 5.10 Å². The number of nitrogens with one attached hydrogen (secondary N) is 1. The van der Waals surface area contributed by atoms with Crippen LogP contribution < -0.4 is 5.32 Å². The molecule has 0 aromatic carbocycles. The second-order valence-electron chi connectivity index (χ2n) is 7.73. The van der Waals surface area contributed by atoms with E-state index in [2.05, 4.69) is 48.2 Å². The van der Waals surface area contributed by atoms with E-state index in [1.54, 1.807) is 22.1 Å². The number of aromatic nitrogens is 2. The molecule has 1 saturated heterocycles. The van der Waals surface area contributed by atoms with Crippen molar-refractivity contribution in [3.63, 3.8) is 0 Å². The first-order valence-corrected chi connectivity index (χ1v) is 12.1. The number of carbonyl (C=O) groups excluding carboxylic acids is 1. The molecule has 0 aliphatic carbocycles. The van der Waals surface area contributed by atoms with E-state index in [0.29, 0.717) is 12.2 Å². The van der Waals surface area contributed by atoms with Crippen molar-refractivity contribution in [1.29, 1.82) is 0 Å². The molecule has 1 atom stereocenters. The van der Waals surface area contributed by atoms with Crippen molar-refractivity contribution in [2.75, 3.05) is 23.4 Å². The molecule has 1 fully saturated rings. The van der Waals surface area contributed by atoms with Crippen LogP contribution in [-0.4, -0.2) is 53.1 Å². The van der Waals surface area contributed by atoms with Gasteiger partial charge in [0.1, 0.15) is 5.82 Å². The molecule has 2 aromatic heterocycles. The summed E-state index contributed by atoms with van der Waals surface area (Å²) in [6.45, 7) is 9.06. The highest BCUT2D eigenvalue weighted by atomic mass is 32.2. The van der Waals surface area contributed by atoms with Gasteiger partial charge in [0.25, 0.3) is 0 Å². The molecule has 9 heteroatoms. The van der Waals surface area contributed by atoms with Crippen molar-refractivity contribution >= 4 is 32.9 Å². The summed E-state index contributed by atoms with van der Waals surface area (Å²) in [6.07, 6.45) is 0.530. The van der Waals surface area contributed by atoms with Crippen molar-refractivity contribution < 1.29 is 13.2 Å². The molecule has 1 amide bonds. The molecule has 0 spiro atoms. The second kappa shape index (κ2) is 8.34. The minimum Gasteiger partial charge on any atom is -0.310 e. The highest BCUT2D eigenvalue weighted by molar-refractivity contribution is 7.91. The van der Waals surface area contributed by atoms with Crippen LogP contribution in [0.2, 0.25) is 0 Å². The highest BCUT2D eigenvalue weighted by Gasteiger charge is 2.31. The molecular formula is C19H28N4O3S2. The molecule has 28 heavy (non-hydrogen) atoms. The van der Waals surface area contributed by atoms with Crippen LogP contribution in [0.25, 0.3) is 0 Å². The number of hydrogen-bond donors (Lipinski definition) is 1. The molecule has 0 bridgehead atoms. The van der Waals surface area contributed by atoms with E-state index in [0.717, 1.165) is 12.2 Å². The SMILES string of the molecule is Cc1cc(NC(=O)CN(Cc2ccc(C)s2)C(C)C)n(C2CCS(=O)(=O)C2)n1. The Morgan fingerprint density at radius 1 is 1.39 bits per heavy atom. The lowest BCUT2D eigenvalue weighted by Gasteiger charge is -2.25. The van der Waals surface area contributed by atoms with Gasteiger partial charge in [0.2, 0.25) is 5.91 Å². The number of aryl methyl sites for hydroxylation is 2. The van der Waals surface area contributed by atoms with Gasteiger partial charge in [0, 0.05) is 28.4 Å². The van der Waals surface area contributed by atoms with Crippen LogP contribution in [0.15, 0.2) is 18.2 Å². The molecule has 2 aromatic rings. The van der Waals surface area contributed by atoms with Crippen molar-refractivity contribution in [1.82, 2.24) is 14.7 Å². The van der Waals surface area contributed by atoms with Gasteiger partial charge in [-0.15, -0.1) is 11.3 Å². The molecule has 0 saturated carbocycles. The van der Waals surface area contributed by atoms with E-state index in [-0.39, 0.29) is 36.0 Å². The van der Waals surface area contributed by atoms with E-state index in [1.807, 2.05) is 6.92 Å². The van der Waals surface area contributed by atoms with Gasteiger partial charge in [-0.1, -0.05) is 0 Å². The average Bonchev–Trinajstić information content (AvgIpc) is 3.26. The van der Waals surface area contributed by atoms with Crippen LogP contribution in [0.3, 0.4) is 0 Å². The van der Waals surface area contributed by atoms with Gasteiger partial charge in [-0.3, -0.25) is 9.69 Å². The van der Waals surface area contributed by atoms with Crippen LogP contribution in [-0.2, 0) is 21.2 Å². The molecule has 1 N–H and O–H groups in total. The summed E-state index contributed by atoms with van der Waals surface area (Å²) in [4.78, 5) is 17.3. The van der Waals surface area contributed by atoms with Gasteiger partial charge in [-0.25, -0.2) is 13.1 Å². The summed E-state index contributed by atoms with van der Waals surface area (Å²) < 4.78 is 25.3. The predicted molar refractivity (Wildman–Crippen MR) is 113 cm³/mol. The molecule has 1 aliphatic heterocycles. The van der Waals surface area contributed by atoms with Crippen LogP contribution in [0.1, 0.15) is 41.8 Å². The van der Waals surface area contributed by atoms with Gasteiger partial charge in [0.05, 0.1) is 29.8 Å². The summed E-state index contributed by atoms with van der Waals surface area (Å²) >= 11 is 1.74. The molecular weight excluding hydrogens is 396 g/mol. The highest BCUT2D eigenvalue weighted by Crippen LogP contribution is 2.27. The smallest absolute Gasteiger partial charge is 0.239 e. The Bertz CT molecular complexity index is 946. The Morgan fingerprint density at radius 2 is 2.14 bits per heavy atom. The number of carbonyl (C=O) groups is 1. The first kappa shape index (κ1) is 21.0. The predicted octanol–water partition coefficient (Wildman–Crippen LogP) is 2.77. The lowest BCUT2D eigenvalue weighted by molar-refractivity contribution is -0.117. The Labute approximate surface area is 170 Å². The van der Waals surface area contributed by atoms with Gasteiger partial charge in [-0.05, 0) is 46.2 Å². The summed E-state index contributed by atoms with van der Waals surface area (Å²) in [6, 6.07) is 6.00. The number of rotatable bonds is 7. The summed E-state index contributed by atoms with van der Waals surface area (Å²) in [5.74, 6) is 0.697. The Morgan fingerprint density at radius 3 is 2.71 bits per heavy atom. The fraction of sp³-hybridized carbons (Fsp3) is 0.579. The summed E-state index contributed by atoms with van der Waals surface area (Å²) in [7, 11) is -3.02. The van der Waals surface area contributed by atoms with E-state index in [4.69, 9.17) is 0 Å². The van der Waals surface area contributed by atoms with E-state index >= 15 is 0 Å². The van der Waals surface area contributed by atoms with Gasteiger partial charge in [0.15, 0.2) is 9.84 Å². The summed E-state index contributed by atoms with van der Waals surface area (Å²) in [5, 5.41) is 7.36. The molecule has 154 valence electrons. The number of thiophene rings is 1. The van der Waals surface area contributed by atoms with Gasteiger partial charge < -0.3 is 5.32 Å². The third-order valence-corrected chi connectivity index (χ3v) is 7.65. The topological polar surface area (TPSA) is 84.3 Å². The molecule has 1 aliphatic rings. The fourth-order valence-corrected chi connectivity index (χ4v) is 6.02. The monoisotopic (exact) mass is 424 g/mol. The third-order valence-electron chi connectivity index (χ3n) is 4.91. The van der Waals surface area contributed by atoms with Gasteiger partial charge >= 0.3 is 0 Å². The molecule has 1 unspecified atom stereocenters. The number of amides is 1. The number of hydrogen-bond acceptors (Lipinski definition) is 6. The lowest BCUT2D eigenvalue weighted by Crippen LogP contribution is -2.37. The minimum atomic E-state index is -3.02. The van der Waals surface area contributed by atoms with Crippen LogP contribution in [0.4, 0.5) is 5.82 Å². The Hall–Kier alpha value is -1.71. The number of nitrogens with zero attached hydrogens (tertiary/aromatic N) is 3. The normalized spacial score (nSPS) is 18.9. The van der Waals surface area contributed by atoms with Crippen molar-refractivity contribution in [2.24, 2.45) is 0 Å².